The second kappa shape index (κ2) is 10.9. The van der Waals surface area contributed by atoms with E-state index in [1.54, 1.807) is 48.7 Å². The van der Waals surface area contributed by atoms with Gasteiger partial charge in [-0.25, -0.2) is 18.9 Å². The van der Waals surface area contributed by atoms with Gasteiger partial charge in [-0.05, 0) is 43.3 Å². The molecule has 0 bridgehead atoms. The number of amides is 2. The molecule has 0 fully saturated rings. The molecule has 0 radical (unpaired) electrons. The molecule has 41 heavy (non-hydrogen) atoms. The fraction of sp³-hybridized carbons (Fsp3) is 0.172. The zero-order chi connectivity index (χ0) is 29.1. The van der Waals surface area contributed by atoms with Gasteiger partial charge in [0.1, 0.15) is 23.1 Å². The summed E-state index contributed by atoms with van der Waals surface area (Å²) in [7, 11) is 0. The van der Waals surface area contributed by atoms with E-state index in [0.29, 0.717) is 28.6 Å². The van der Waals surface area contributed by atoms with Crippen LogP contribution in [-0.2, 0) is 5.41 Å². The van der Waals surface area contributed by atoms with Crippen molar-refractivity contribution < 1.29 is 13.9 Å². The number of benzene rings is 2. The quantitative estimate of drug-likeness (QED) is 0.268. The van der Waals surface area contributed by atoms with E-state index in [1.807, 2.05) is 27.7 Å². The lowest BCUT2D eigenvalue weighted by atomic mass is 9.92. The normalized spacial score (nSPS) is 11.1. The number of aryl methyl sites for hydroxylation is 1. The van der Waals surface area contributed by atoms with Gasteiger partial charge in [-0.1, -0.05) is 26.8 Å². The fourth-order valence-electron chi connectivity index (χ4n) is 3.83. The molecule has 0 aliphatic heterocycles. The first-order valence-electron chi connectivity index (χ1n) is 12.6. The number of hydrogen-bond acceptors (Lipinski definition) is 7. The van der Waals surface area contributed by atoms with Gasteiger partial charge < -0.3 is 10.1 Å². The SMILES string of the molecule is Cc1cnn(-c2cc(Oc3ccc(NC(=O)Nc4cc(C(C)(C)C)nn4-c4cccc(C#N)c4)c(F)c3)ccn2)n1. The van der Waals surface area contributed by atoms with Crippen LogP contribution in [0.2, 0.25) is 0 Å². The Balaban J connectivity index is 1.32. The third-order valence-corrected chi connectivity index (χ3v) is 5.89. The van der Waals surface area contributed by atoms with E-state index in [-0.39, 0.29) is 16.9 Å². The number of aromatic nitrogens is 6. The number of nitriles is 1. The lowest BCUT2D eigenvalue weighted by molar-refractivity contribution is 0.262. The van der Waals surface area contributed by atoms with Crippen LogP contribution in [0.15, 0.2) is 73.1 Å². The minimum absolute atomic E-state index is 0.0462. The van der Waals surface area contributed by atoms with Crippen LogP contribution < -0.4 is 15.4 Å². The topological polar surface area (TPSA) is 136 Å². The number of ether oxygens (including phenoxy) is 1. The lowest BCUT2D eigenvalue weighted by Crippen LogP contribution is -2.22. The number of rotatable bonds is 6. The highest BCUT2D eigenvalue weighted by Gasteiger charge is 2.22. The van der Waals surface area contributed by atoms with Crippen molar-refractivity contribution in [1.82, 2.24) is 29.8 Å². The minimum Gasteiger partial charge on any atom is -0.457 e. The summed E-state index contributed by atoms with van der Waals surface area (Å²) < 4.78 is 22.3. The Kier molecular flexibility index (Phi) is 7.18. The Labute approximate surface area is 235 Å². The van der Waals surface area contributed by atoms with Crippen molar-refractivity contribution in [3.05, 3.63) is 95.8 Å². The highest BCUT2D eigenvalue weighted by Crippen LogP contribution is 2.28. The molecule has 5 rings (SSSR count). The largest absolute Gasteiger partial charge is 0.457 e. The molecule has 5 aromatic rings. The maximum atomic E-state index is 15.0. The molecule has 12 heteroatoms. The predicted octanol–water partition coefficient (Wildman–Crippen LogP) is 5.90. The average molecular weight is 552 g/mol. The zero-order valence-corrected chi connectivity index (χ0v) is 22.8. The first-order chi connectivity index (χ1) is 19.6. The molecule has 3 aromatic heterocycles. The first-order valence-corrected chi connectivity index (χ1v) is 12.6. The van der Waals surface area contributed by atoms with Crippen LogP contribution in [-0.4, -0.2) is 35.8 Å². The first kappa shape index (κ1) is 27.0. The number of halogens is 1. The molecule has 0 spiro atoms. The Morgan fingerprint density at radius 1 is 1.02 bits per heavy atom. The molecule has 11 nitrogen and oxygen atoms in total. The molecular weight excluding hydrogens is 525 g/mol. The summed E-state index contributed by atoms with van der Waals surface area (Å²) in [5, 5.41) is 27.6. The van der Waals surface area contributed by atoms with Gasteiger partial charge in [-0.2, -0.15) is 20.6 Å². The zero-order valence-electron chi connectivity index (χ0n) is 22.8. The highest BCUT2D eigenvalue weighted by molar-refractivity contribution is 5.99. The van der Waals surface area contributed by atoms with Gasteiger partial charge >= 0.3 is 6.03 Å². The second-order valence-electron chi connectivity index (χ2n) is 10.2. The standard InChI is InChI=1S/C29H26FN9O2/c1-18-17-33-39(36-18)26-14-22(10-11-32-26)41-21-8-9-24(23(30)13-21)34-28(40)35-27-15-25(29(2,3)4)37-38(27)20-7-5-6-19(12-20)16-31/h5-15,17H,1-4H3,(H2,34,35,40). The van der Waals surface area contributed by atoms with Gasteiger partial charge in [0.15, 0.2) is 5.82 Å². The summed E-state index contributed by atoms with van der Waals surface area (Å²) in [4.78, 5) is 18.5. The van der Waals surface area contributed by atoms with Crippen LogP contribution in [0.3, 0.4) is 0 Å². The highest BCUT2D eigenvalue weighted by atomic mass is 19.1. The monoisotopic (exact) mass is 551 g/mol. The van der Waals surface area contributed by atoms with Crippen molar-refractivity contribution in [2.45, 2.75) is 33.1 Å². The summed E-state index contributed by atoms with van der Waals surface area (Å²) in [6.07, 6.45) is 3.14. The third-order valence-electron chi connectivity index (χ3n) is 5.89. The van der Waals surface area contributed by atoms with E-state index in [9.17, 15) is 14.4 Å². The third kappa shape index (κ3) is 6.20. The van der Waals surface area contributed by atoms with Gasteiger partial charge in [-0.15, -0.1) is 4.80 Å². The van der Waals surface area contributed by atoms with Crippen LogP contribution in [0.25, 0.3) is 11.5 Å². The summed E-state index contributed by atoms with van der Waals surface area (Å²) in [6.45, 7) is 7.80. The predicted molar refractivity (Wildman–Crippen MR) is 150 cm³/mol. The van der Waals surface area contributed by atoms with E-state index in [2.05, 4.69) is 37.0 Å². The molecule has 0 saturated carbocycles. The van der Waals surface area contributed by atoms with Crippen molar-refractivity contribution >= 4 is 17.5 Å². The summed E-state index contributed by atoms with van der Waals surface area (Å²) >= 11 is 0. The van der Waals surface area contributed by atoms with Gasteiger partial charge in [0.05, 0.1) is 40.6 Å². The number of carbonyl (C=O) groups is 1. The number of carbonyl (C=O) groups excluding carboxylic acids is 1. The molecule has 3 heterocycles. The summed E-state index contributed by atoms with van der Waals surface area (Å²) in [5.74, 6) is 0.742. The molecule has 0 aliphatic rings. The molecule has 206 valence electrons. The molecule has 0 saturated heterocycles. The maximum absolute atomic E-state index is 15.0. The lowest BCUT2D eigenvalue weighted by Gasteiger charge is -2.14. The van der Waals surface area contributed by atoms with Gasteiger partial charge in [-0.3, -0.25) is 5.32 Å². The van der Waals surface area contributed by atoms with Crippen LogP contribution in [0, 0.1) is 24.1 Å². The Hall–Kier alpha value is -5.57. The smallest absolute Gasteiger partial charge is 0.324 e. The molecule has 0 atom stereocenters. The van der Waals surface area contributed by atoms with Gasteiger partial charge in [0, 0.05) is 29.8 Å². The second-order valence-corrected chi connectivity index (χ2v) is 10.2. The van der Waals surface area contributed by atoms with E-state index in [0.717, 1.165) is 11.4 Å². The number of urea groups is 1. The molecule has 0 aliphatic carbocycles. The van der Waals surface area contributed by atoms with Crippen molar-refractivity contribution in [2.75, 3.05) is 10.6 Å². The van der Waals surface area contributed by atoms with Gasteiger partial charge in [0.25, 0.3) is 0 Å². The maximum Gasteiger partial charge on any atom is 0.324 e. The number of nitrogens with one attached hydrogen (secondary N) is 2. The number of nitrogens with zero attached hydrogens (tertiary/aromatic N) is 7. The van der Waals surface area contributed by atoms with Crippen molar-refractivity contribution in [3.8, 4) is 29.1 Å². The van der Waals surface area contributed by atoms with Crippen LogP contribution in [0.5, 0.6) is 11.5 Å². The van der Waals surface area contributed by atoms with Crippen molar-refractivity contribution in [3.63, 3.8) is 0 Å². The molecular formula is C29H26FN9O2. The van der Waals surface area contributed by atoms with Crippen LogP contribution >= 0.6 is 0 Å². The van der Waals surface area contributed by atoms with E-state index >= 15 is 0 Å². The van der Waals surface area contributed by atoms with E-state index in [4.69, 9.17) is 4.74 Å². The Bertz CT molecular complexity index is 1780. The van der Waals surface area contributed by atoms with Crippen molar-refractivity contribution in [2.24, 2.45) is 0 Å². The van der Waals surface area contributed by atoms with Gasteiger partial charge in [0.2, 0.25) is 0 Å². The average Bonchev–Trinajstić information content (AvgIpc) is 3.57. The number of anilines is 2. The fourth-order valence-corrected chi connectivity index (χ4v) is 3.83. The Morgan fingerprint density at radius 2 is 1.83 bits per heavy atom. The molecule has 2 aromatic carbocycles. The Morgan fingerprint density at radius 3 is 2.54 bits per heavy atom. The van der Waals surface area contributed by atoms with Crippen molar-refractivity contribution in [1.29, 1.82) is 5.26 Å². The number of pyridine rings is 1. The summed E-state index contributed by atoms with van der Waals surface area (Å²) in [6, 6.07) is 17.4. The molecule has 2 N–H and O–H groups in total. The van der Waals surface area contributed by atoms with Crippen LogP contribution in [0.1, 0.15) is 37.7 Å². The van der Waals surface area contributed by atoms with E-state index < -0.39 is 11.8 Å². The minimum atomic E-state index is -0.693. The molecule has 2 amide bonds. The van der Waals surface area contributed by atoms with Crippen LogP contribution in [0.4, 0.5) is 20.7 Å². The van der Waals surface area contributed by atoms with E-state index in [1.165, 1.54) is 33.9 Å². The summed E-state index contributed by atoms with van der Waals surface area (Å²) in [5.41, 5.74) is 2.15. The molecule has 0 unspecified atom stereocenters. The number of hydrogen-bond donors (Lipinski definition) is 2.